The molecule has 0 spiro atoms. The molecule has 0 saturated carbocycles. The quantitative estimate of drug-likeness (QED) is 0.891. The summed E-state index contributed by atoms with van der Waals surface area (Å²) in [6.45, 7) is 2.15. The Labute approximate surface area is 144 Å². The Bertz CT molecular complexity index is 617. The van der Waals surface area contributed by atoms with Crippen LogP contribution in [0.15, 0.2) is 24.3 Å². The van der Waals surface area contributed by atoms with E-state index in [1.807, 2.05) is 0 Å². The highest BCUT2D eigenvalue weighted by Crippen LogP contribution is 2.31. The molecule has 1 N–H and O–H groups in total. The summed E-state index contributed by atoms with van der Waals surface area (Å²) in [5, 5.41) is 10.2. The van der Waals surface area contributed by atoms with Crippen LogP contribution in [0.5, 0.6) is 5.75 Å². The lowest BCUT2D eigenvalue weighted by atomic mass is 10.2. The van der Waals surface area contributed by atoms with Crippen molar-refractivity contribution < 1.29 is 27.8 Å². The van der Waals surface area contributed by atoms with Crippen molar-refractivity contribution in [3.63, 3.8) is 0 Å². The van der Waals surface area contributed by atoms with Crippen LogP contribution in [-0.4, -0.2) is 65.7 Å². The van der Waals surface area contributed by atoms with Crippen LogP contribution in [0.4, 0.5) is 13.2 Å². The summed E-state index contributed by atoms with van der Waals surface area (Å²) in [5.74, 6) is -0.336. The maximum Gasteiger partial charge on any atom is 0.416 e. The van der Waals surface area contributed by atoms with E-state index in [9.17, 15) is 23.1 Å². The Morgan fingerprint density at radius 3 is 2.64 bits per heavy atom. The van der Waals surface area contributed by atoms with Crippen LogP contribution in [0.1, 0.15) is 18.4 Å². The Morgan fingerprint density at radius 1 is 1.24 bits per heavy atom. The fourth-order valence-electron chi connectivity index (χ4n) is 3.40. The highest BCUT2D eigenvalue weighted by Gasteiger charge is 2.38. The fraction of sp³-hybridized carbons (Fsp3) is 0.588. The first-order valence-corrected chi connectivity index (χ1v) is 8.34. The minimum Gasteiger partial charge on any atom is -0.484 e. The molecule has 0 bridgehead atoms. The smallest absolute Gasteiger partial charge is 0.416 e. The number of hydrogen-bond donors (Lipinski definition) is 1. The summed E-state index contributed by atoms with van der Waals surface area (Å²) < 4.78 is 43.3. The summed E-state index contributed by atoms with van der Waals surface area (Å²) in [5.41, 5.74) is -0.817. The molecule has 1 aromatic carbocycles. The normalized spacial score (nSPS) is 24.7. The molecule has 3 rings (SSSR count). The van der Waals surface area contributed by atoms with Crippen LogP contribution in [0.2, 0.25) is 0 Å². The van der Waals surface area contributed by atoms with Gasteiger partial charge in [-0.05, 0) is 44.1 Å². The third kappa shape index (κ3) is 4.24. The van der Waals surface area contributed by atoms with Gasteiger partial charge >= 0.3 is 6.18 Å². The lowest BCUT2D eigenvalue weighted by Crippen LogP contribution is -2.41. The zero-order chi connectivity index (χ0) is 18.0. The van der Waals surface area contributed by atoms with E-state index >= 15 is 0 Å². The number of ether oxygens (including phenoxy) is 1. The second-order valence-electron chi connectivity index (χ2n) is 6.49. The Hall–Kier alpha value is -1.80. The van der Waals surface area contributed by atoms with Gasteiger partial charge in [-0.3, -0.25) is 9.69 Å². The first-order chi connectivity index (χ1) is 11.8. The third-order valence-electron chi connectivity index (χ3n) is 4.75. The second kappa shape index (κ2) is 7.21. The molecule has 1 aromatic rings. The van der Waals surface area contributed by atoms with Gasteiger partial charge in [0.1, 0.15) is 5.75 Å². The predicted octanol–water partition coefficient (Wildman–Crippen LogP) is 1.75. The maximum atomic E-state index is 12.7. The van der Waals surface area contributed by atoms with Crippen molar-refractivity contribution in [2.45, 2.75) is 31.2 Å². The summed E-state index contributed by atoms with van der Waals surface area (Å²) in [4.78, 5) is 16.0. The first kappa shape index (κ1) is 18.0. The first-order valence-electron chi connectivity index (χ1n) is 8.34. The van der Waals surface area contributed by atoms with Gasteiger partial charge < -0.3 is 14.7 Å². The van der Waals surface area contributed by atoms with E-state index < -0.39 is 17.8 Å². The Kier molecular flexibility index (Phi) is 5.19. The monoisotopic (exact) mass is 358 g/mol. The highest BCUT2D eigenvalue weighted by molar-refractivity contribution is 5.78. The number of halogens is 3. The lowest BCUT2D eigenvalue weighted by Gasteiger charge is -2.25. The van der Waals surface area contributed by atoms with Gasteiger partial charge in [0, 0.05) is 13.1 Å². The molecule has 0 unspecified atom stereocenters. The van der Waals surface area contributed by atoms with Crippen LogP contribution in [0, 0.1) is 0 Å². The topological polar surface area (TPSA) is 53.0 Å². The highest BCUT2D eigenvalue weighted by atomic mass is 19.4. The van der Waals surface area contributed by atoms with Gasteiger partial charge in [-0.15, -0.1) is 0 Å². The van der Waals surface area contributed by atoms with Crippen LogP contribution < -0.4 is 4.74 Å². The largest absolute Gasteiger partial charge is 0.484 e. The Balaban J connectivity index is 1.55. The number of likely N-dealkylation sites (tertiary alicyclic amines) is 2. The average Bonchev–Trinajstić information content (AvgIpc) is 3.21. The van der Waals surface area contributed by atoms with Gasteiger partial charge in [-0.2, -0.15) is 13.2 Å². The molecule has 138 valence electrons. The molecule has 2 saturated heterocycles. The van der Waals surface area contributed by atoms with E-state index in [-0.39, 0.29) is 30.9 Å². The molecule has 2 atom stereocenters. The van der Waals surface area contributed by atoms with E-state index in [1.54, 1.807) is 0 Å². The van der Waals surface area contributed by atoms with Crippen molar-refractivity contribution in [3.8, 4) is 5.75 Å². The van der Waals surface area contributed by atoms with Gasteiger partial charge in [0.2, 0.25) is 0 Å². The van der Waals surface area contributed by atoms with Gasteiger partial charge in [0.25, 0.3) is 5.91 Å². The molecule has 5 nitrogen and oxygen atoms in total. The van der Waals surface area contributed by atoms with Crippen molar-refractivity contribution in [2.75, 3.05) is 32.8 Å². The number of carbonyl (C=O) groups is 1. The zero-order valence-electron chi connectivity index (χ0n) is 13.7. The number of benzene rings is 1. The lowest BCUT2D eigenvalue weighted by molar-refractivity contribution is -0.137. The molecule has 1 amide bonds. The SMILES string of the molecule is O=C(COc1cccc(C(F)(F)F)c1)N1C[C@@H](O)[C@@H](N2CCCC2)C1. The number of carbonyl (C=O) groups excluding carboxylic acids is 1. The molecule has 25 heavy (non-hydrogen) atoms. The van der Waals surface area contributed by atoms with E-state index in [0.717, 1.165) is 38.1 Å². The van der Waals surface area contributed by atoms with E-state index in [2.05, 4.69) is 4.90 Å². The van der Waals surface area contributed by atoms with Crippen molar-refractivity contribution in [1.29, 1.82) is 0 Å². The van der Waals surface area contributed by atoms with Crippen molar-refractivity contribution >= 4 is 5.91 Å². The number of β-amino-alcohol motifs (C(OH)–C–C–N with tert-alkyl or cyclic N) is 1. The standard InChI is InChI=1S/C17H21F3N2O3/c18-17(19,20)12-4-3-5-13(8-12)25-11-16(24)22-9-14(15(23)10-22)21-6-1-2-7-21/h3-5,8,14-15,23H,1-2,6-7,9-11H2/t14-,15+/m0/s1. The van der Waals surface area contributed by atoms with Gasteiger partial charge in [0.15, 0.2) is 6.61 Å². The number of aliphatic hydroxyl groups is 1. The van der Waals surface area contributed by atoms with Crippen molar-refractivity contribution in [3.05, 3.63) is 29.8 Å². The molecule has 0 aliphatic carbocycles. The number of alkyl halides is 3. The molecule has 2 fully saturated rings. The van der Waals surface area contributed by atoms with Crippen molar-refractivity contribution in [2.24, 2.45) is 0 Å². The molecule has 2 heterocycles. The zero-order valence-corrected chi connectivity index (χ0v) is 13.7. The van der Waals surface area contributed by atoms with E-state index in [1.165, 1.54) is 17.0 Å². The number of aliphatic hydroxyl groups excluding tert-OH is 1. The van der Waals surface area contributed by atoms with E-state index in [4.69, 9.17) is 4.74 Å². The number of amides is 1. The summed E-state index contributed by atoms with van der Waals surface area (Å²) in [6.07, 6.45) is -2.87. The molecular weight excluding hydrogens is 337 g/mol. The fourth-order valence-corrected chi connectivity index (χ4v) is 3.40. The number of rotatable bonds is 4. The Morgan fingerprint density at radius 2 is 1.96 bits per heavy atom. The van der Waals surface area contributed by atoms with Gasteiger partial charge in [-0.25, -0.2) is 0 Å². The van der Waals surface area contributed by atoms with E-state index in [0.29, 0.717) is 6.54 Å². The summed E-state index contributed by atoms with van der Waals surface area (Å²) in [6, 6.07) is 4.38. The van der Waals surface area contributed by atoms with Gasteiger partial charge in [0.05, 0.1) is 17.7 Å². The maximum absolute atomic E-state index is 12.7. The molecular formula is C17H21F3N2O3. The molecule has 8 heteroatoms. The van der Waals surface area contributed by atoms with Crippen LogP contribution in [0.3, 0.4) is 0 Å². The minimum atomic E-state index is -4.45. The minimum absolute atomic E-state index is 0.000914. The molecule has 0 aromatic heterocycles. The average molecular weight is 358 g/mol. The third-order valence-corrected chi connectivity index (χ3v) is 4.75. The molecule has 2 aliphatic heterocycles. The van der Waals surface area contributed by atoms with Crippen LogP contribution >= 0.6 is 0 Å². The second-order valence-corrected chi connectivity index (χ2v) is 6.49. The van der Waals surface area contributed by atoms with Gasteiger partial charge in [-0.1, -0.05) is 6.07 Å². The number of nitrogens with zero attached hydrogens (tertiary/aromatic N) is 2. The predicted molar refractivity (Wildman–Crippen MR) is 84.1 cm³/mol. The summed E-state index contributed by atoms with van der Waals surface area (Å²) in [7, 11) is 0. The van der Waals surface area contributed by atoms with Crippen molar-refractivity contribution in [1.82, 2.24) is 9.80 Å². The van der Waals surface area contributed by atoms with Crippen LogP contribution in [0.25, 0.3) is 0 Å². The van der Waals surface area contributed by atoms with Crippen LogP contribution in [-0.2, 0) is 11.0 Å². The molecule has 2 aliphatic rings. The number of hydrogen-bond acceptors (Lipinski definition) is 4. The molecule has 0 radical (unpaired) electrons. The summed E-state index contributed by atoms with van der Waals surface area (Å²) >= 11 is 0.